The fourth-order valence-corrected chi connectivity index (χ4v) is 1.43. The molecule has 1 rings (SSSR count). The lowest BCUT2D eigenvalue weighted by atomic mass is 10.0. The molecule has 1 aromatic rings. The molecule has 1 atom stereocenters. The number of ether oxygens (including phenoxy) is 1. The van der Waals surface area contributed by atoms with Gasteiger partial charge < -0.3 is 14.6 Å². The third-order valence-corrected chi connectivity index (χ3v) is 2.96. The van der Waals surface area contributed by atoms with Crippen LogP contribution in [0.25, 0.3) is 0 Å². The van der Waals surface area contributed by atoms with Crippen molar-refractivity contribution in [3.63, 3.8) is 0 Å². The molecule has 0 aromatic carbocycles. The van der Waals surface area contributed by atoms with Crippen molar-refractivity contribution in [2.24, 2.45) is 0 Å². The van der Waals surface area contributed by atoms with Gasteiger partial charge in [-0.15, -0.1) is 0 Å². The standard InChI is InChI=1S/C12H23N3O2/c1-6-12(4,16-5)11-14-10(17-15-11)7-8-13-9(2)3/h9,13H,6-8H2,1-5H3. The van der Waals surface area contributed by atoms with Crippen molar-refractivity contribution in [3.05, 3.63) is 11.7 Å². The van der Waals surface area contributed by atoms with Crippen LogP contribution >= 0.6 is 0 Å². The van der Waals surface area contributed by atoms with Gasteiger partial charge in [0, 0.05) is 26.1 Å². The molecule has 1 heterocycles. The first-order valence-electron chi connectivity index (χ1n) is 6.13. The molecule has 0 saturated heterocycles. The Morgan fingerprint density at radius 1 is 1.47 bits per heavy atom. The highest BCUT2D eigenvalue weighted by Gasteiger charge is 2.29. The van der Waals surface area contributed by atoms with Crippen molar-refractivity contribution < 1.29 is 9.26 Å². The topological polar surface area (TPSA) is 60.2 Å². The van der Waals surface area contributed by atoms with Crippen LogP contribution in [0.15, 0.2) is 4.52 Å². The van der Waals surface area contributed by atoms with Crippen LogP contribution in [0.5, 0.6) is 0 Å². The summed E-state index contributed by atoms with van der Waals surface area (Å²) in [6, 6.07) is 0.470. The average molecular weight is 241 g/mol. The number of rotatable bonds is 7. The van der Waals surface area contributed by atoms with E-state index >= 15 is 0 Å². The van der Waals surface area contributed by atoms with Crippen molar-refractivity contribution in [1.29, 1.82) is 0 Å². The number of nitrogens with zero attached hydrogens (tertiary/aromatic N) is 2. The van der Waals surface area contributed by atoms with E-state index in [9.17, 15) is 0 Å². The van der Waals surface area contributed by atoms with E-state index in [0.717, 1.165) is 19.4 Å². The van der Waals surface area contributed by atoms with Gasteiger partial charge in [-0.05, 0) is 13.3 Å². The molecule has 0 aliphatic rings. The van der Waals surface area contributed by atoms with Gasteiger partial charge in [-0.2, -0.15) is 4.98 Å². The lowest BCUT2D eigenvalue weighted by Crippen LogP contribution is -2.26. The smallest absolute Gasteiger partial charge is 0.228 e. The first kappa shape index (κ1) is 14.1. The van der Waals surface area contributed by atoms with E-state index in [-0.39, 0.29) is 0 Å². The van der Waals surface area contributed by atoms with Crippen molar-refractivity contribution in [2.45, 2.75) is 52.2 Å². The highest BCUT2D eigenvalue weighted by Crippen LogP contribution is 2.25. The maximum absolute atomic E-state index is 5.43. The minimum Gasteiger partial charge on any atom is -0.370 e. The van der Waals surface area contributed by atoms with E-state index in [1.807, 2.05) is 13.8 Å². The van der Waals surface area contributed by atoms with Crippen LogP contribution in [0.2, 0.25) is 0 Å². The number of aromatic nitrogens is 2. The first-order valence-corrected chi connectivity index (χ1v) is 6.13. The number of nitrogens with one attached hydrogen (secondary N) is 1. The van der Waals surface area contributed by atoms with E-state index in [0.29, 0.717) is 17.8 Å². The maximum Gasteiger partial charge on any atom is 0.228 e. The SMILES string of the molecule is CCC(C)(OC)c1noc(CCNC(C)C)n1. The largest absolute Gasteiger partial charge is 0.370 e. The summed E-state index contributed by atoms with van der Waals surface area (Å²) in [6.07, 6.45) is 1.56. The monoisotopic (exact) mass is 241 g/mol. The van der Waals surface area contributed by atoms with E-state index in [1.54, 1.807) is 7.11 Å². The minimum absolute atomic E-state index is 0.451. The Kier molecular flexibility index (Phi) is 5.08. The molecule has 0 bridgehead atoms. The summed E-state index contributed by atoms with van der Waals surface area (Å²) < 4.78 is 10.6. The molecule has 0 amide bonds. The van der Waals surface area contributed by atoms with Gasteiger partial charge in [-0.3, -0.25) is 0 Å². The quantitative estimate of drug-likeness (QED) is 0.789. The van der Waals surface area contributed by atoms with Gasteiger partial charge in [0.25, 0.3) is 0 Å². The predicted octanol–water partition coefficient (Wildman–Crippen LogP) is 1.88. The molecular weight excluding hydrogens is 218 g/mol. The van der Waals surface area contributed by atoms with Crippen molar-refractivity contribution in [3.8, 4) is 0 Å². The second-order valence-electron chi connectivity index (χ2n) is 4.66. The summed E-state index contributed by atoms with van der Waals surface area (Å²) >= 11 is 0. The van der Waals surface area contributed by atoms with Crippen molar-refractivity contribution in [1.82, 2.24) is 15.5 Å². The van der Waals surface area contributed by atoms with E-state index in [2.05, 4.69) is 29.3 Å². The molecule has 0 aliphatic carbocycles. The summed E-state index contributed by atoms with van der Waals surface area (Å²) in [6.45, 7) is 9.07. The fourth-order valence-electron chi connectivity index (χ4n) is 1.43. The van der Waals surface area contributed by atoms with Crippen LogP contribution in [-0.4, -0.2) is 29.8 Å². The Morgan fingerprint density at radius 2 is 2.18 bits per heavy atom. The third-order valence-electron chi connectivity index (χ3n) is 2.96. The van der Waals surface area contributed by atoms with Crippen LogP contribution < -0.4 is 5.32 Å². The summed E-state index contributed by atoms with van der Waals surface area (Å²) in [5.74, 6) is 1.28. The zero-order valence-electron chi connectivity index (χ0n) is 11.4. The third kappa shape index (κ3) is 3.78. The normalized spacial score (nSPS) is 15.2. The Balaban J connectivity index is 2.59. The number of methoxy groups -OCH3 is 1. The molecule has 0 spiro atoms. The lowest BCUT2D eigenvalue weighted by molar-refractivity contribution is -0.0106. The Morgan fingerprint density at radius 3 is 2.71 bits per heavy atom. The Labute approximate surface area is 103 Å². The van der Waals surface area contributed by atoms with Gasteiger partial charge in [-0.1, -0.05) is 25.9 Å². The second kappa shape index (κ2) is 6.12. The highest BCUT2D eigenvalue weighted by molar-refractivity contribution is 4.99. The summed E-state index contributed by atoms with van der Waals surface area (Å²) in [4.78, 5) is 4.38. The van der Waals surface area contributed by atoms with Crippen LogP contribution in [0.3, 0.4) is 0 Å². The lowest BCUT2D eigenvalue weighted by Gasteiger charge is -2.21. The van der Waals surface area contributed by atoms with Gasteiger partial charge in [-0.25, -0.2) is 0 Å². The van der Waals surface area contributed by atoms with Crippen LogP contribution in [0, 0.1) is 0 Å². The molecule has 0 radical (unpaired) electrons. The van der Waals surface area contributed by atoms with Crippen LogP contribution in [0.1, 0.15) is 45.8 Å². The van der Waals surface area contributed by atoms with E-state index in [4.69, 9.17) is 9.26 Å². The second-order valence-corrected chi connectivity index (χ2v) is 4.66. The van der Waals surface area contributed by atoms with Crippen molar-refractivity contribution >= 4 is 0 Å². The molecule has 17 heavy (non-hydrogen) atoms. The number of hydrogen-bond donors (Lipinski definition) is 1. The molecule has 5 nitrogen and oxygen atoms in total. The van der Waals surface area contributed by atoms with E-state index in [1.165, 1.54) is 0 Å². The fraction of sp³-hybridized carbons (Fsp3) is 0.833. The van der Waals surface area contributed by atoms with Gasteiger partial charge in [0.2, 0.25) is 11.7 Å². The summed E-state index contributed by atoms with van der Waals surface area (Å²) in [7, 11) is 1.67. The minimum atomic E-state index is -0.451. The van der Waals surface area contributed by atoms with Gasteiger partial charge in [0.1, 0.15) is 5.60 Å². The predicted molar refractivity (Wildman–Crippen MR) is 65.8 cm³/mol. The Hall–Kier alpha value is -0.940. The molecule has 1 unspecified atom stereocenters. The zero-order chi connectivity index (χ0) is 12.9. The molecule has 0 fully saturated rings. The molecule has 98 valence electrons. The molecule has 1 aromatic heterocycles. The van der Waals surface area contributed by atoms with Crippen LogP contribution in [0.4, 0.5) is 0 Å². The summed E-state index contributed by atoms with van der Waals surface area (Å²) in [5, 5.41) is 7.30. The highest BCUT2D eigenvalue weighted by atomic mass is 16.5. The first-order chi connectivity index (χ1) is 8.01. The molecule has 5 heteroatoms. The maximum atomic E-state index is 5.43. The van der Waals surface area contributed by atoms with Gasteiger partial charge >= 0.3 is 0 Å². The molecule has 0 saturated carbocycles. The molecule has 0 aliphatic heterocycles. The molecule has 1 N–H and O–H groups in total. The average Bonchev–Trinajstić information content (AvgIpc) is 2.77. The van der Waals surface area contributed by atoms with E-state index < -0.39 is 5.60 Å². The van der Waals surface area contributed by atoms with Gasteiger partial charge in [0.15, 0.2) is 0 Å². The number of hydrogen-bond acceptors (Lipinski definition) is 5. The zero-order valence-corrected chi connectivity index (χ0v) is 11.4. The van der Waals surface area contributed by atoms with Gasteiger partial charge in [0.05, 0.1) is 0 Å². The van der Waals surface area contributed by atoms with Crippen LogP contribution in [-0.2, 0) is 16.8 Å². The molecular formula is C12H23N3O2. The Bertz CT molecular complexity index is 332. The summed E-state index contributed by atoms with van der Waals surface area (Å²) in [5.41, 5.74) is -0.451. The van der Waals surface area contributed by atoms with Crippen molar-refractivity contribution in [2.75, 3.05) is 13.7 Å².